The Kier molecular flexibility index (Phi) is 8.16. The van der Waals surface area contributed by atoms with E-state index in [9.17, 15) is 0 Å². The lowest BCUT2D eigenvalue weighted by Gasteiger charge is -2.10. The van der Waals surface area contributed by atoms with Crippen LogP contribution in [0, 0.1) is 10.8 Å². The van der Waals surface area contributed by atoms with Crippen molar-refractivity contribution in [2.45, 2.75) is 19.3 Å². The van der Waals surface area contributed by atoms with E-state index in [1.165, 1.54) is 0 Å². The topological polar surface area (TPSA) is 90.2 Å². The van der Waals surface area contributed by atoms with Gasteiger partial charge in [0.25, 0.3) is 0 Å². The summed E-state index contributed by atoms with van der Waals surface area (Å²) in [5.74, 6) is 2.44. The molecule has 27 heavy (non-hydrogen) atoms. The minimum atomic E-state index is 0.428. The molecule has 2 aromatic carbocycles. The first-order chi connectivity index (χ1) is 13.1. The van der Waals surface area contributed by atoms with Gasteiger partial charge in [-0.05, 0) is 67.8 Å². The van der Waals surface area contributed by atoms with Crippen LogP contribution in [0.1, 0.15) is 30.4 Å². The Hall–Kier alpha value is -3.02. The smallest absolute Gasteiger partial charge is 0.125 e. The van der Waals surface area contributed by atoms with Crippen LogP contribution < -0.4 is 20.1 Å². The number of hydrogen-bond acceptors (Lipinski definition) is 4. The van der Waals surface area contributed by atoms with E-state index < -0.39 is 0 Å². The molecule has 0 unspecified atom stereocenters. The molecule has 0 aliphatic heterocycles. The Labute approximate surface area is 160 Å². The molecular weight excluding hydrogens is 340 g/mol. The predicted octanol–water partition coefficient (Wildman–Crippen LogP) is 3.40. The predicted molar refractivity (Wildman–Crippen MR) is 110 cm³/mol. The molecule has 2 aromatic rings. The maximum atomic E-state index is 8.05. The summed E-state index contributed by atoms with van der Waals surface area (Å²) in [5.41, 5.74) is 1.70. The average molecular weight is 368 g/mol. The van der Waals surface area contributed by atoms with Gasteiger partial charge in [-0.2, -0.15) is 0 Å². The summed E-state index contributed by atoms with van der Waals surface area (Å²) in [6, 6.07) is 14.9. The molecule has 0 saturated heterocycles. The van der Waals surface area contributed by atoms with E-state index in [1.807, 2.05) is 48.5 Å². The van der Waals surface area contributed by atoms with Crippen molar-refractivity contribution < 1.29 is 9.47 Å². The molecule has 0 saturated carbocycles. The number of rotatable bonds is 10. The van der Waals surface area contributed by atoms with Crippen molar-refractivity contribution in [2.75, 3.05) is 27.3 Å². The summed E-state index contributed by atoms with van der Waals surface area (Å²) >= 11 is 0. The third-order valence-corrected chi connectivity index (χ3v) is 4.21. The molecule has 0 atom stereocenters. The van der Waals surface area contributed by atoms with Gasteiger partial charge in [-0.15, -0.1) is 0 Å². The summed E-state index contributed by atoms with van der Waals surface area (Å²) in [5, 5.41) is 22.4. The van der Waals surface area contributed by atoms with Gasteiger partial charge >= 0.3 is 0 Å². The molecule has 0 heterocycles. The third kappa shape index (κ3) is 6.66. The second kappa shape index (κ2) is 10.9. The molecule has 0 aromatic heterocycles. The minimum Gasteiger partial charge on any atom is -0.497 e. The van der Waals surface area contributed by atoms with Crippen LogP contribution in [0.5, 0.6) is 11.5 Å². The lowest BCUT2D eigenvalue weighted by Crippen LogP contribution is -2.26. The average Bonchev–Trinajstić information content (AvgIpc) is 2.72. The van der Waals surface area contributed by atoms with E-state index in [0.29, 0.717) is 11.7 Å². The standard InChI is InChI=1S/C21H28N4O2/c1-26-18-10-6-16(7-11-18)20(22)24-14-4-3-5-15-25-21(23)17-8-12-19(27-2)13-9-17/h6-13H,3-5,14-15H2,1-2H3,(H2,22,24)(H2,23,25). The van der Waals surface area contributed by atoms with Crippen molar-refractivity contribution in [3.8, 4) is 11.5 Å². The van der Waals surface area contributed by atoms with Crippen LogP contribution in [-0.4, -0.2) is 39.0 Å². The van der Waals surface area contributed by atoms with Gasteiger partial charge in [-0.3, -0.25) is 10.8 Å². The molecule has 144 valence electrons. The Balaban J connectivity index is 1.57. The minimum absolute atomic E-state index is 0.428. The van der Waals surface area contributed by atoms with Gasteiger partial charge in [-0.25, -0.2) is 0 Å². The molecular formula is C21H28N4O2. The number of amidine groups is 2. The zero-order valence-corrected chi connectivity index (χ0v) is 16.0. The molecule has 0 bridgehead atoms. The fourth-order valence-corrected chi connectivity index (χ4v) is 2.57. The Morgan fingerprint density at radius 2 is 1.04 bits per heavy atom. The summed E-state index contributed by atoms with van der Waals surface area (Å²) in [6.45, 7) is 1.53. The van der Waals surface area contributed by atoms with E-state index in [4.69, 9.17) is 20.3 Å². The second-order valence-electron chi connectivity index (χ2n) is 6.12. The molecule has 6 nitrogen and oxygen atoms in total. The largest absolute Gasteiger partial charge is 0.497 e. The molecule has 0 aliphatic rings. The van der Waals surface area contributed by atoms with Crippen LogP contribution >= 0.6 is 0 Å². The Bertz CT molecular complexity index is 663. The second-order valence-corrected chi connectivity index (χ2v) is 6.12. The van der Waals surface area contributed by atoms with E-state index in [-0.39, 0.29) is 0 Å². The maximum Gasteiger partial charge on any atom is 0.125 e. The lowest BCUT2D eigenvalue weighted by molar-refractivity contribution is 0.414. The quantitative estimate of drug-likeness (QED) is 0.294. The van der Waals surface area contributed by atoms with Crippen molar-refractivity contribution in [2.24, 2.45) is 0 Å². The summed E-state index contributed by atoms with van der Waals surface area (Å²) in [6.07, 6.45) is 3.00. The van der Waals surface area contributed by atoms with E-state index in [0.717, 1.165) is 55.0 Å². The first-order valence-corrected chi connectivity index (χ1v) is 9.07. The first-order valence-electron chi connectivity index (χ1n) is 9.07. The van der Waals surface area contributed by atoms with E-state index >= 15 is 0 Å². The Morgan fingerprint density at radius 1 is 0.667 bits per heavy atom. The number of ether oxygens (including phenoxy) is 2. The molecule has 4 N–H and O–H groups in total. The molecule has 6 heteroatoms. The van der Waals surface area contributed by atoms with Crippen LogP contribution in [-0.2, 0) is 0 Å². The zero-order valence-electron chi connectivity index (χ0n) is 16.0. The van der Waals surface area contributed by atoms with Crippen molar-refractivity contribution in [3.05, 3.63) is 59.7 Å². The van der Waals surface area contributed by atoms with Gasteiger partial charge in [0, 0.05) is 24.2 Å². The molecule has 0 radical (unpaired) electrons. The van der Waals surface area contributed by atoms with Crippen molar-refractivity contribution in [3.63, 3.8) is 0 Å². The highest BCUT2D eigenvalue weighted by atomic mass is 16.5. The highest BCUT2D eigenvalue weighted by molar-refractivity contribution is 5.96. The van der Waals surface area contributed by atoms with Crippen LogP contribution in [0.4, 0.5) is 0 Å². The van der Waals surface area contributed by atoms with Gasteiger partial charge in [0.1, 0.15) is 23.2 Å². The number of benzene rings is 2. The van der Waals surface area contributed by atoms with Crippen LogP contribution in [0.25, 0.3) is 0 Å². The number of hydrogen-bond donors (Lipinski definition) is 4. The van der Waals surface area contributed by atoms with Crippen molar-refractivity contribution in [1.82, 2.24) is 10.6 Å². The van der Waals surface area contributed by atoms with Crippen LogP contribution in [0.15, 0.2) is 48.5 Å². The monoisotopic (exact) mass is 368 g/mol. The lowest BCUT2D eigenvalue weighted by atomic mass is 10.1. The van der Waals surface area contributed by atoms with Gasteiger partial charge in [-0.1, -0.05) is 0 Å². The highest BCUT2D eigenvalue weighted by Crippen LogP contribution is 2.12. The summed E-state index contributed by atoms with van der Waals surface area (Å²) in [7, 11) is 3.26. The third-order valence-electron chi connectivity index (χ3n) is 4.21. The van der Waals surface area contributed by atoms with E-state index in [2.05, 4.69) is 10.6 Å². The number of methoxy groups -OCH3 is 2. The fraction of sp³-hybridized carbons (Fsp3) is 0.333. The zero-order chi connectivity index (χ0) is 19.5. The summed E-state index contributed by atoms with van der Waals surface area (Å²) in [4.78, 5) is 0. The first kappa shape index (κ1) is 20.3. The van der Waals surface area contributed by atoms with Gasteiger partial charge in [0.05, 0.1) is 14.2 Å². The normalized spacial score (nSPS) is 10.1. The van der Waals surface area contributed by atoms with Crippen LogP contribution in [0.2, 0.25) is 0 Å². The van der Waals surface area contributed by atoms with Crippen molar-refractivity contribution in [1.29, 1.82) is 10.8 Å². The van der Waals surface area contributed by atoms with Gasteiger partial charge in [0.2, 0.25) is 0 Å². The van der Waals surface area contributed by atoms with Crippen LogP contribution in [0.3, 0.4) is 0 Å². The number of nitrogens with one attached hydrogen (secondary N) is 4. The molecule has 0 aliphatic carbocycles. The highest BCUT2D eigenvalue weighted by Gasteiger charge is 2.02. The Morgan fingerprint density at radius 3 is 1.37 bits per heavy atom. The molecule has 0 amide bonds. The van der Waals surface area contributed by atoms with Gasteiger partial charge < -0.3 is 20.1 Å². The van der Waals surface area contributed by atoms with Gasteiger partial charge in [0.15, 0.2) is 0 Å². The maximum absolute atomic E-state index is 8.05. The SMILES string of the molecule is COc1ccc(C(=N)NCCCCCNC(=N)c2ccc(OC)cc2)cc1. The summed E-state index contributed by atoms with van der Waals surface area (Å²) < 4.78 is 10.2. The molecule has 0 spiro atoms. The van der Waals surface area contributed by atoms with Crippen molar-refractivity contribution >= 4 is 11.7 Å². The molecule has 0 fully saturated rings. The fourth-order valence-electron chi connectivity index (χ4n) is 2.57. The van der Waals surface area contributed by atoms with E-state index in [1.54, 1.807) is 14.2 Å². The number of unbranched alkanes of at least 4 members (excludes halogenated alkanes) is 2. The molecule has 2 rings (SSSR count).